The van der Waals surface area contributed by atoms with Crippen molar-refractivity contribution in [3.05, 3.63) is 84.1 Å². The smallest absolute Gasteiger partial charge is 0.410 e. The quantitative estimate of drug-likeness (QED) is 0.256. The van der Waals surface area contributed by atoms with Gasteiger partial charge >= 0.3 is 6.09 Å². The first-order valence-electron chi connectivity index (χ1n) is 15.0. The van der Waals surface area contributed by atoms with Crippen LogP contribution in [0.2, 0.25) is 0 Å². The summed E-state index contributed by atoms with van der Waals surface area (Å²) in [7, 11) is 0. The van der Waals surface area contributed by atoms with E-state index in [4.69, 9.17) is 10.5 Å². The molecule has 45 heavy (non-hydrogen) atoms. The lowest BCUT2D eigenvalue weighted by Crippen LogP contribution is -2.45. The highest BCUT2D eigenvalue weighted by Crippen LogP contribution is 2.27. The number of benzene rings is 2. The number of anilines is 3. The number of piperidine rings is 1. The van der Waals surface area contributed by atoms with Crippen LogP contribution in [0, 0.1) is 5.41 Å². The number of nitrogens with one attached hydrogen (secondary N) is 2. The molecular formula is C33H42N8O4. The molecule has 0 bridgehead atoms. The molecular weight excluding hydrogens is 572 g/mol. The zero-order chi connectivity index (χ0) is 32.6. The van der Waals surface area contributed by atoms with Crippen molar-refractivity contribution in [3.63, 3.8) is 0 Å². The van der Waals surface area contributed by atoms with Gasteiger partial charge in [0, 0.05) is 37.4 Å². The van der Waals surface area contributed by atoms with Gasteiger partial charge in [-0.05, 0) is 54.5 Å². The van der Waals surface area contributed by atoms with Crippen LogP contribution in [0.3, 0.4) is 0 Å². The molecule has 2 atom stereocenters. The second kappa shape index (κ2) is 14.7. The Kier molecular flexibility index (Phi) is 10.7. The Hall–Kier alpha value is -5.00. The topological polar surface area (TPSA) is 156 Å². The summed E-state index contributed by atoms with van der Waals surface area (Å²) in [4.78, 5) is 45.4. The molecule has 0 aliphatic carbocycles. The van der Waals surface area contributed by atoms with E-state index < -0.39 is 12.0 Å². The first-order valence-corrected chi connectivity index (χ1v) is 15.0. The molecule has 3 amide bonds. The minimum absolute atomic E-state index is 0.0890. The van der Waals surface area contributed by atoms with Crippen LogP contribution in [0.5, 0.6) is 0 Å². The minimum atomic E-state index is -0.776. The maximum atomic E-state index is 13.3. The third-order valence-corrected chi connectivity index (χ3v) is 7.89. The standard InChI is InChI=1S/C33H42N8O4/c1-6-27(42)40-18-10-13-26(20-40)36-31-37-30(28(29(34)43)38-39-31)35-25-16-14-23(15-17-25)19-41(22(2)33(3,4)5)32(44)45-21-24-11-8-7-9-12-24/h6-9,11-12,14-17,22,26H,1,10,13,18-21H2,2-5H3,(H2,34,43)(H2,35,36,37,39)/t22-,26+/m0/s1. The summed E-state index contributed by atoms with van der Waals surface area (Å²) in [6.45, 7) is 13.5. The molecule has 2 heterocycles. The van der Waals surface area contributed by atoms with E-state index in [1.54, 1.807) is 9.80 Å². The van der Waals surface area contributed by atoms with Gasteiger partial charge < -0.3 is 30.9 Å². The van der Waals surface area contributed by atoms with Crippen LogP contribution in [0.4, 0.5) is 22.2 Å². The molecule has 1 saturated heterocycles. The molecule has 0 spiro atoms. The van der Waals surface area contributed by atoms with Crippen molar-refractivity contribution in [2.24, 2.45) is 11.1 Å². The van der Waals surface area contributed by atoms with Crippen LogP contribution >= 0.6 is 0 Å². The van der Waals surface area contributed by atoms with Gasteiger partial charge in [-0.15, -0.1) is 10.2 Å². The van der Waals surface area contributed by atoms with E-state index >= 15 is 0 Å². The first kappa shape index (κ1) is 32.9. The van der Waals surface area contributed by atoms with Crippen LogP contribution in [0.25, 0.3) is 0 Å². The third kappa shape index (κ3) is 9.01. The molecule has 1 aromatic heterocycles. The van der Waals surface area contributed by atoms with Crippen molar-refractivity contribution < 1.29 is 19.1 Å². The Morgan fingerprint density at radius 3 is 2.47 bits per heavy atom. The number of hydrogen-bond donors (Lipinski definition) is 3. The van der Waals surface area contributed by atoms with Gasteiger partial charge in [-0.3, -0.25) is 9.59 Å². The lowest BCUT2D eigenvalue weighted by molar-refractivity contribution is -0.127. The molecule has 2 aromatic carbocycles. The molecule has 12 nitrogen and oxygen atoms in total. The van der Waals surface area contributed by atoms with Crippen LogP contribution in [0.15, 0.2) is 67.3 Å². The van der Waals surface area contributed by atoms with Gasteiger partial charge in [-0.2, -0.15) is 4.98 Å². The molecule has 0 radical (unpaired) electrons. The molecule has 238 valence electrons. The van der Waals surface area contributed by atoms with E-state index in [0.29, 0.717) is 25.3 Å². The number of nitrogens with two attached hydrogens (primary N) is 1. The average molecular weight is 615 g/mol. The Morgan fingerprint density at radius 2 is 1.82 bits per heavy atom. The number of amides is 3. The lowest BCUT2D eigenvalue weighted by atomic mass is 9.87. The van der Waals surface area contributed by atoms with Crippen molar-refractivity contribution in [2.45, 2.75) is 65.8 Å². The predicted octanol–water partition coefficient (Wildman–Crippen LogP) is 4.88. The number of nitrogens with zero attached hydrogens (tertiary/aromatic N) is 5. The minimum Gasteiger partial charge on any atom is -0.445 e. The molecule has 1 fully saturated rings. The maximum Gasteiger partial charge on any atom is 0.410 e. The molecule has 1 aliphatic rings. The number of aromatic nitrogens is 3. The maximum absolute atomic E-state index is 13.3. The van der Waals surface area contributed by atoms with Crippen LogP contribution in [0.1, 0.15) is 62.2 Å². The van der Waals surface area contributed by atoms with Crippen molar-refractivity contribution >= 4 is 35.4 Å². The number of primary amides is 1. The summed E-state index contributed by atoms with van der Waals surface area (Å²) in [5, 5.41) is 14.4. The Morgan fingerprint density at radius 1 is 1.11 bits per heavy atom. The average Bonchev–Trinajstić information content (AvgIpc) is 3.02. The molecule has 12 heteroatoms. The van der Waals surface area contributed by atoms with Crippen molar-refractivity contribution in [1.82, 2.24) is 25.0 Å². The van der Waals surface area contributed by atoms with E-state index in [2.05, 4.69) is 53.2 Å². The van der Waals surface area contributed by atoms with Gasteiger partial charge in [0.15, 0.2) is 11.5 Å². The van der Waals surface area contributed by atoms with Crippen molar-refractivity contribution in [3.8, 4) is 0 Å². The van der Waals surface area contributed by atoms with Gasteiger partial charge in [-0.25, -0.2) is 4.79 Å². The summed E-state index contributed by atoms with van der Waals surface area (Å²) in [5.74, 6) is -0.551. The van der Waals surface area contributed by atoms with E-state index in [0.717, 1.165) is 24.0 Å². The van der Waals surface area contributed by atoms with E-state index in [1.165, 1.54) is 6.08 Å². The molecule has 1 aliphatic heterocycles. The van der Waals surface area contributed by atoms with Gasteiger partial charge in [0.2, 0.25) is 11.9 Å². The number of hydrogen-bond acceptors (Lipinski definition) is 9. The SMILES string of the molecule is C=CC(=O)N1CCC[C@@H](Nc2nnc(C(N)=O)c(Nc3ccc(CN(C(=O)OCc4ccccc4)[C@@H](C)C(C)(C)C)cc3)n2)C1. The second-order valence-corrected chi connectivity index (χ2v) is 12.2. The van der Waals surface area contributed by atoms with Crippen LogP contribution in [-0.4, -0.2) is 68.1 Å². The number of carbonyl (C=O) groups excluding carboxylic acids is 3. The zero-order valence-corrected chi connectivity index (χ0v) is 26.3. The molecule has 4 N–H and O–H groups in total. The zero-order valence-electron chi connectivity index (χ0n) is 26.3. The Balaban J connectivity index is 1.46. The number of ether oxygens (including phenoxy) is 1. The number of rotatable bonds is 11. The largest absolute Gasteiger partial charge is 0.445 e. The van der Waals surface area contributed by atoms with E-state index in [-0.39, 0.29) is 47.5 Å². The van der Waals surface area contributed by atoms with E-state index in [9.17, 15) is 14.4 Å². The monoisotopic (exact) mass is 614 g/mol. The highest BCUT2D eigenvalue weighted by Gasteiger charge is 2.31. The summed E-state index contributed by atoms with van der Waals surface area (Å²) in [6.07, 6.45) is 2.54. The number of carbonyl (C=O) groups is 3. The summed E-state index contributed by atoms with van der Waals surface area (Å²) >= 11 is 0. The van der Waals surface area contributed by atoms with Crippen LogP contribution < -0.4 is 16.4 Å². The van der Waals surface area contributed by atoms with Gasteiger partial charge in [0.25, 0.3) is 5.91 Å². The Labute approximate surface area is 264 Å². The molecule has 3 aromatic rings. The van der Waals surface area contributed by atoms with Gasteiger partial charge in [-0.1, -0.05) is 69.8 Å². The first-order chi connectivity index (χ1) is 21.4. The van der Waals surface area contributed by atoms with Gasteiger partial charge in [0.05, 0.1) is 0 Å². The fraction of sp³-hybridized carbons (Fsp3) is 0.394. The lowest BCUT2D eigenvalue weighted by Gasteiger charge is -2.37. The summed E-state index contributed by atoms with van der Waals surface area (Å²) in [5.41, 5.74) is 7.71. The van der Waals surface area contributed by atoms with Crippen molar-refractivity contribution in [2.75, 3.05) is 23.7 Å². The fourth-order valence-electron chi connectivity index (χ4n) is 4.90. The molecule has 0 unspecified atom stereocenters. The van der Waals surface area contributed by atoms with Gasteiger partial charge in [0.1, 0.15) is 6.61 Å². The second-order valence-electron chi connectivity index (χ2n) is 12.2. The van der Waals surface area contributed by atoms with E-state index in [1.807, 2.05) is 61.5 Å². The molecule has 0 saturated carbocycles. The highest BCUT2D eigenvalue weighted by atomic mass is 16.6. The fourth-order valence-corrected chi connectivity index (χ4v) is 4.90. The third-order valence-electron chi connectivity index (χ3n) is 7.89. The Bertz CT molecular complexity index is 1490. The van der Waals surface area contributed by atoms with Crippen molar-refractivity contribution in [1.29, 1.82) is 0 Å². The summed E-state index contributed by atoms with van der Waals surface area (Å²) in [6, 6.07) is 16.8. The highest BCUT2D eigenvalue weighted by molar-refractivity contribution is 5.96. The number of likely N-dealkylation sites (tertiary alicyclic amines) is 1. The normalized spacial score (nSPS) is 15.5. The predicted molar refractivity (Wildman–Crippen MR) is 173 cm³/mol. The summed E-state index contributed by atoms with van der Waals surface area (Å²) < 4.78 is 5.69. The molecule has 4 rings (SSSR count). The van der Waals surface area contributed by atoms with Crippen LogP contribution in [-0.2, 0) is 22.7 Å².